The molecule has 1 heterocycles. The molecule has 2 aromatic carbocycles. The van der Waals surface area contributed by atoms with Crippen LogP contribution in [-0.4, -0.2) is 56.9 Å². The van der Waals surface area contributed by atoms with Crippen LogP contribution in [0.4, 0.5) is 5.69 Å². The van der Waals surface area contributed by atoms with E-state index < -0.39 is 6.10 Å². The number of aliphatic hydroxyl groups is 1. The van der Waals surface area contributed by atoms with Gasteiger partial charge in [-0.1, -0.05) is 18.2 Å². The molecule has 0 radical (unpaired) electrons. The number of ether oxygens (including phenoxy) is 2. The molecule has 1 unspecified atom stereocenters. The molecule has 25 heavy (non-hydrogen) atoms. The lowest BCUT2D eigenvalue weighted by Gasteiger charge is -2.37. The maximum atomic E-state index is 10.5. The second kappa shape index (κ2) is 8.23. The topological polar surface area (TPSA) is 45.2 Å². The Kier molecular flexibility index (Phi) is 5.79. The number of nitrogens with zero attached hydrogens (tertiary/aromatic N) is 2. The zero-order chi connectivity index (χ0) is 17.6. The Morgan fingerprint density at radius 3 is 2.24 bits per heavy atom. The Balaban J connectivity index is 1.55. The van der Waals surface area contributed by atoms with Gasteiger partial charge in [0.2, 0.25) is 0 Å². The molecule has 0 saturated carbocycles. The van der Waals surface area contributed by atoms with Crippen LogP contribution in [0.15, 0.2) is 48.5 Å². The van der Waals surface area contributed by atoms with Crippen LogP contribution in [0.1, 0.15) is 11.7 Å². The number of β-amino-alcohol motifs (C(OH)–C–C–N with tert-alkyl or cyclic N) is 1. The van der Waals surface area contributed by atoms with Gasteiger partial charge in [0, 0.05) is 44.5 Å². The maximum Gasteiger partial charge on any atom is 0.120 e. The number of methoxy groups -OCH3 is 2. The van der Waals surface area contributed by atoms with Crippen molar-refractivity contribution in [2.75, 3.05) is 51.8 Å². The fraction of sp³-hybridized carbons (Fsp3) is 0.400. The first-order valence-corrected chi connectivity index (χ1v) is 8.63. The number of hydrogen-bond acceptors (Lipinski definition) is 5. The Hall–Kier alpha value is -2.24. The summed E-state index contributed by atoms with van der Waals surface area (Å²) in [6.07, 6.45) is -0.501. The molecule has 0 aromatic heterocycles. The fourth-order valence-corrected chi connectivity index (χ4v) is 3.19. The molecule has 5 nitrogen and oxygen atoms in total. The molecular weight excluding hydrogens is 316 g/mol. The van der Waals surface area contributed by atoms with Crippen molar-refractivity contribution < 1.29 is 14.6 Å². The quantitative estimate of drug-likeness (QED) is 0.874. The van der Waals surface area contributed by atoms with E-state index in [0.717, 1.165) is 43.2 Å². The van der Waals surface area contributed by atoms with E-state index in [1.807, 2.05) is 36.4 Å². The van der Waals surface area contributed by atoms with Gasteiger partial charge in [0.05, 0.1) is 20.3 Å². The van der Waals surface area contributed by atoms with Crippen LogP contribution in [-0.2, 0) is 0 Å². The summed E-state index contributed by atoms with van der Waals surface area (Å²) in [5.41, 5.74) is 2.09. The van der Waals surface area contributed by atoms with Crippen molar-refractivity contribution in [3.8, 4) is 11.5 Å². The Morgan fingerprint density at radius 2 is 1.56 bits per heavy atom. The molecule has 2 aromatic rings. The lowest BCUT2D eigenvalue weighted by molar-refractivity contribution is 0.109. The van der Waals surface area contributed by atoms with Crippen LogP contribution in [0.2, 0.25) is 0 Å². The van der Waals surface area contributed by atoms with Gasteiger partial charge in [-0.15, -0.1) is 0 Å². The molecule has 1 fully saturated rings. The fourth-order valence-electron chi connectivity index (χ4n) is 3.19. The first kappa shape index (κ1) is 17.6. The van der Waals surface area contributed by atoms with Crippen LogP contribution in [0.3, 0.4) is 0 Å². The third-order valence-corrected chi connectivity index (χ3v) is 4.70. The summed E-state index contributed by atoms with van der Waals surface area (Å²) in [7, 11) is 3.33. The molecule has 1 aliphatic heterocycles. The lowest BCUT2D eigenvalue weighted by atomic mass is 10.1. The Labute approximate surface area is 149 Å². The van der Waals surface area contributed by atoms with Crippen LogP contribution in [0, 0.1) is 0 Å². The Bertz CT molecular complexity index is 684. The van der Waals surface area contributed by atoms with Gasteiger partial charge in [-0.2, -0.15) is 0 Å². The van der Waals surface area contributed by atoms with Crippen molar-refractivity contribution in [3.63, 3.8) is 0 Å². The van der Waals surface area contributed by atoms with Crippen molar-refractivity contribution in [2.45, 2.75) is 6.10 Å². The highest BCUT2D eigenvalue weighted by Crippen LogP contribution is 2.24. The van der Waals surface area contributed by atoms with Gasteiger partial charge < -0.3 is 19.5 Å². The standard InChI is InChI=1S/C20H26N2O3/c1-24-18-7-3-5-16(13-18)20(23)15-21-9-11-22(12-10-21)17-6-4-8-19(14-17)25-2/h3-8,13-14,20,23H,9-12,15H2,1-2H3. The summed E-state index contributed by atoms with van der Waals surface area (Å²) in [5, 5.41) is 10.5. The molecule has 1 atom stereocenters. The smallest absolute Gasteiger partial charge is 0.120 e. The second-order valence-electron chi connectivity index (χ2n) is 6.28. The number of benzene rings is 2. The molecule has 0 spiro atoms. The van der Waals surface area contributed by atoms with E-state index in [2.05, 4.69) is 21.9 Å². The van der Waals surface area contributed by atoms with Crippen molar-refractivity contribution in [3.05, 3.63) is 54.1 Å². The average Bonchev–Trinajstić information content (AvgIpc) is 2.68. The average molecular weight is 342 g/mol. The molecule has 134 valence electrons. The largest absolute Gasteiger partial charge is 0.497 e. The third kappa shape index (κ3) is 4.44. The molecule has 3 rings (SSSR count). The summed E-state index contributed by atoms with van der Waals surface area (Å²) in [6.45, 7) is 4.38. The van der Waals surface area contributed by atoms with Gasteiger partial charge in [-0.3, -0.25) is 4.90 Å². The highest BCUT2D eigenvalue weighted by atomic mass is 16.5. The van der Waals surface area contributed by atoms with E-state index in [4.69, 9.17) is 9.47 Å². The molecule has 0 aliphatic carbocycles. The molecule has 5 heteroatoms. The number of rotatable bonds is 6. The molecule has 0 amide bonds. The maximum absolute atomic E-state index is 10.5. The minimum Gasteiger partial charge on any atom is -0.497 e. The van der Waals surface area contributed by atoms with Crippen LogP contribution in [0.25, 0.3) is 0 Å². The van der Waals surface area contributed by atoms with Crippen LogP contribution in [0.5, 0.6) is 11.5 Å². The van der Waals surface area contributed by atoms with E-state index >= 15 is 0 Å². The van der Waals surface area contributed by atoms with Gasteiger partial charge in [0.15, 0.2) is 0 Å². The predicted octanol–water partition coefficient (Wildman–Crippen LogP) is 2.56. The predicted molar refractivity (Wildman–Crippen MR) is 99.6 cm³/mol. The second-order valence-corrected chi connectivity index (χ2v) is 6.28. The van der Waals surface area contributed by atoms with Gasteiger partial charge >= 0.3 is 0 Å². The molecule has 1 N–H and O–H groups in total. The Morgan fingerprint density at radius 1 is 0.920 bits per heavy atom. The van der Waals surface area contributed by atoms with E-state index in [1.165, 1.54) is 5.69 Å². The summed E-state index contributed by atoms with van der Waals surface area (Å²) in [5.74, 6) is 1.66. The van der Waals surface area contributed by atoms with Crippen molar-refractivity contribution in [1.29, 1.82) is 0 Å². The molecule has 1 aliphatic rings. The summed E-state index contributed by atoms with van der Waals surface area (Å²) in [4.78, 5) is 4.66. The molecular formula is C20H26N2O3. The van der Waals surface area contributed by atoms with Gasteiger partial charge in [0.1, 0.15) is 11.5 Å². The van der Waals surface area contributed by atoms with E-state index in [0.29, 0.717) is 6.54 Å². The van der Waals surface area contributed by atoms with Crippen LogP contribution >= 0.6 is 0 Å². The molecule has 0 bridgehead atoms. The first-order valence-electron chi connectivity index (χ1n) is 8.63. The zero-order valence-corrected chi connectivity index (χ0v) is 14.9. The van der Waals surface area contributed by atoms with E-state index in [9.17, 15) is 5.11 Å². The lowest BCUT2D eigenvalue weighted by Crippen LogP contribution is -2.47. The molecule has 1 saturated heterocycles. The highest BCUT2D eigenvalue weighted by molar-refractivity contribution is 5.51. The minimum atomic E-state index is -0.501. The van der Waals surface area contributed by atoms with Gasteiger partial charge in [-0.25, -0.2) is 0 Å². The highest BCUT2D eigenvalue weighted by Gasteiger charge is 2.20. The van der Waals surface area contributed by atoms with Gasteiger partial charge in [-0.05, 0) is 29.8 Å². The van der Waals surface area contributed by atoms with Crippen molar-refractivity contribution in [2.24, 2.45) is 0 Å². The summed E-state index contributed by atoms with van der Waals surface area (Å²) < 4.78 is 10.5. The first-order chi connectivity index (χ1) is 12.2. The number of anilines is 1. The van der Waals surface area contributed by atoms with Crippen LogP contribution < -0.4 is 14.4 Å². The monoisotopic (exact) mass is 342 g/mol. The van der Waals surface area contributed by atoms with Crippen molar-refractivity contribution in [1.82, 2.24) is 4.90 Å². The SMILES string of the molecule is COc1cccc(C(O)CN2CCN(c3cccc(OC)c3)CC2)c1. The third-order valence-electron chi connectivity index (χ3n) is 4.70. The number of piperazine rings is 1. The van der Waals surface area contributed by atoms with Gasteiger partial charge in [0.25, 0.3) is 0 Å². The zero-order valence-electron chi connectivity index (χ0n) is 14.9. The summed E-state index contributed by atoms with van der Waals surface area (Å²) >= 11 is 0. The number of aliphatic hydroxyl groups excluding tert-OH is 1. The normalized spacial score (nSPS) is 16.5. The van der Waals surface area contributed by atoms with Crippen molar-refractivity contribution >= 4 is 5.69 Å². The van der Waals surface area contributed by atoms with E-state index in [1.54, 1.807) is 14.2 Å². The summed E-state index contributed by atoms with van der Waals surface area (Å²) in [6, 6.07) is 15.8. The number of hydrogen-bond donors (Lipinski definition) is 1. The van der Waals surface area contributed by atoms with E-state index in [-0.39, 0.29) is 0 Å². The minimum absolute atomic E-state index is 0.501.